The maximum atomic E-state index is 12.7. The van der Waals surface area contributed by atoms with Crippen molar-refractivity contribution in [2.24, 2.45) is 5.41 Å². The molecule has 130 valence electrons. The number of phenols is 1. The molecule has 5 nitrogen and oxygen atoms in total. The van der Waals surface area contributed by atoms with Gasteiger partial charge < -0.3 is 14.9 Å². The highest BCUT2D eigenvalue weighted by molar-refractivity contribution is 5.80. The van der Waals surface area contributed by atoms with Crippen LogP contribution in [0, 0.1) is 5.41 Å². The van der Waals surface area contributed by atoms with Crippen LogP contribution in [0.2, 0.25) is 0 Å². The Morgan fingerprint density at radius 3 is 2.79 bits per heavy atom. The maximum Gasteiger partial charge on any atom is 0.227 e. The molecule has 2 amide bonds. The summed E-state index contributed by atoms with van der Waals surface area (Å²) in [6, 6.07) is 7.01. The van der Waals surface area contributed by atoms with E-state index < -0.39 is 0 Å². The van der Waals surface area contributed by atoms with Gasteiger partial charge in [-0.25, -0.2) is 0 Å². The molecule has 1 spiro atoms. The van der Waals surface area contributed by atoms with Gasteiger partial charge in [-0.15, -0.1) is 0 Å². The van der Waals surface area contributed by atoms with E-state index in [0.29, 0.717) is 12.0 Å². The molecule has 0 aromatic heterocycles. The van der Waals surface area contributed by atoms with Gasteiger partial charge in [-0.05, 0) is 32.3 Å². The van der Waals surface area contributed by atoms with E-state index in [4.69, 9.17) is 0 Å². The summed E-state index contributed by atoms with van der Waals surface area (Å²) in [5.41, 5.74) is 0.729. The summed E-state index contributed by atoms with van der Waals surface area (Å²) in [4.78, 5) is 28.5. The standard InChI is InChI=1S/C19H26N2O3/c1-2-20-13-19(10-8-17(20)23)9-5-11-21(14-19)18(24)12-15-6-3-4-7-16(15)22/h3-4,6-7,22H,2,5,8-14H2,1H3. The van der Waals surface area contributed by atoms with Crippen LogP contribution in [0.5, 0.6) is 5.75 Å². The van der Waals surface area contributed by atoms with Crippen LogP contribution in [0.25, 0.3) is 0 Å². The molecule has 2 aliphatic rings. The second-order valence-corrected chi connectivity index (χ2v) is 7.13. The number of hydrogen-bond donors (Lipinski definition) is 1. The molecule has 0 saturated carbocycles. The molecule has 1 N–H and O–H groups in total. The Morgan fingerprint density at radius 1 is 1.25 bits per heavy atom. The smallest absolute Gasteiger partial charge is 0.227 e. The number of nitrogens with zero attached hydrogens (tertiary/aromatic N) is 2. The van der Waals surface area contributed by atoms with Gasteiger partial charge in [0.25, 0.3) is 0 Å². The first-order chi connectivity index (χ1) is 11.5. The van der Waals surface area contributed by atoms with E-state index in [-0.39, 0.29) is 29.4 Å². The predicted octanol–water partition coefficient (Wildman–Crippen LogP) is 2.19. The van der Waals surface area contributed by atoms with Gasteiger partial charge in [-0.1, -0.05) is 18.2 Å². The van der Waals surface area contributed by atoms with Gasteiger partial charge in [0.05, 0.1) is 6.42 Å². The molecular weight excluding hydrogens is 304 g/mol. The third kappa shape index (κ3) is 3.40. The fraction of sp³-hybridized carbons (Fsp3) is 0.579. The third-order valence-corrected chi connectivity index (χ3v) is 5.48. The lowest BCUT2D eigenvalue weighted by Crippen LogP contribution is -2.55. The summed E-state index contributed by atoms with van der Waals surface area (Å²) in [5.74, 6) is 0.481. The molecule has 2 heterocycles. The lowest BCUT2D eigenvalue weighted by atomic mass is 9.73. The number of hydrogen-bond acceptors (Lipinski definition) is 3. The fourth-order valence-electron chi connectivity index (χ4n) is 4.08. The van der Waals surface area contributed by atoms with Crippen molar-refractivity contribution in [1.82, 2.24) is 9.80 Å². The van der Waals surface area contributed by atoms with Crippen molar-refractivity contribution >= 4 is 11.8 Å². The molecule has 2 fully saturated rings. The summed E-state index contributed by atoms with van der Waals surface area (Å²) in [6.45, 7) is 5.02. The van der Waals surface area contributed by atoms with Gasteiger partial charge in [-0.3, -0.25) is 9.59 Å². The molecule has 2 saturated heterocycles. The SMILES string of the molecule is CCN1CC2(CCCN(C(=O)Cc3ccccc3O)C2)CCC1=O. The number of amides is 2. The Morgan fingerprint density at radius 2 is 2.04 bits per heavy atom. The molecular formula is C19H26N2O3. The molecule has 0 bridgehead atoms. The van der Waals surface area contributed by atoms with Crippen molar-refractivity contribution in [3.63, 3.8) is 0 Å². The summed E-state index contributed by atoms with van der Waals surface area (Å²) in [7, 11) is 0. The summed E-state index contributed by atoms with van der Waals surface area (Å²) >= 11 is 0. The fourth-order valence-corrected chi connectivity index (χ4v) is 4.08. The van der Waals surface area contributed by atoms with Crippen molar-refractivity contribution in [1.29, 1.82) is 0 Å². The molecule has 3 rings (SSSR count). The Balaban J connectivity index is 1.68. The molecule has 0 radical (unpaired) electrons. The molecule has 0 aliphatic carbocycles. The third-order valence-electron chi connectivity index (χ3n) is 5.48. The van der Waals surface area contributed by atoms with Crippen molar-refractivity contribution < 1.29 is 14.7 Å². The maximum absolute atomic E-state index is 12.7. The number of carbonyl (C=O) groups excluding carboxylic acids is 2. The number of benzene rings is 1. The number of aromatic hydroxyl groups is 1. The Hall–Kier alpha value is -2.04. The van der Waals surface area contributed by atoms with Crippen LogP contribution in [0.3, 0.4) is 0 Å². The molecule has 2 aliphatic heterocycles. The normalized spacial score (nSPS) is 24.5. The van der Waals surface area contributed by atoms with Gasteiger partial charge >= 0.3 is 0 Å². The molecule has 1 unspecified atom stereocenters. The average molecular weight is 330 g/mol. The first kappa shape index (κ1) is 16.8. The van der Waals surface area contributed by atoms with E-state index in [1.165, 1.54) is 0 Å². The second kappa shape index (κ2) is 6.83. The van der Waals surface area contributed by atoms with Crippen LogP contribution in [0.1, 0.15) is 38.2 Å². The van der Waals surface area contributed by atoms with Gasteiger partial charge in [0, 0.05) is 43.6 Å². The minimum atomic E-state index is 0.0521. The average Bonchev–Trinajstić information content (AvgIpc) is 2.59. The highest BCUT2D eigenvalue weighted by Gasteiger charge is 2.42. The number of likely N-dealkylation sites (tertiary alicyclic amines) is 2. The van der Waals surface area contributed by atoms with Crippen LogP contribution < -0.4 is 0 Å². The summed E-state index contributed by atoms with van der Waals surface area (Å²) in [5, 5.41) is 9.88. The summed E-state index contributed by atoms with van der Waals surface area (Å²) < 4.78 is 0. The van der Waals surface area contributed by atoms with Crippen LogP contribution >= 0.6 is 0 Å². The van der Waals surface area contributed by atoms with E-state index in [1.54, 1.807) is 18.2 Å². The number of carbonyl (C=O) groups is 2. The zero-order valence-electron chi connectivity index (χ0n) is 14.3. The topological polar surface area (TPSA) is 60.9 Å². The van der Waals surface area contributed by atoms with Crippen LogP contribution in [-0.4, -0.2) is 52.9 Å². The summed E-state index contributed by atoms with van der Waals surface area (Å²) in [6.07, 6.45) is 3.77. The Kier molecular flexibility index (Phi) is 4.78. The predicted molar refractivity (Wildman–Crippen MR) is 91.5 cm³/mol. The van der Waals surface area contributed by atoms with Crippen LogP contribution in [0.15, 0.2) is 24.3 Å². The lowest BCUT2D eigenvalue weighted by Gasteiger charge is -2.48. The largest absolute Gasteiger partial charge is 0.508 e. The number of para-hydroxylation sites is 1. The quantitative estimate of drug-likeness (QED) is 0.924. The Labute approximate surface area is 143 Å². The minimum absolute atomic E-state index is 0.0521. The van der Waals surface area contributed by atoms with Crippen molar-refractivity contribution in [3.05, 3.63) is 29.8 Å². The molecule has 1 aromatic carbocycles. The highest BCUT2D eigenvalue weighted by Crippen LogP contribution is 2.39. The van der Waals surface area contributed by atoms with Crippen molar-refractivity contribution in [2.45, 2.75) is 39.0 Å². The zero-order chi connectivity index (χ0) is 17.2. The van der Waals surface area contributed by atoms with Crippen LogP contribution in [-0.2, 0) is 16.0 Å². The van der Waals surface area contributed by atoms with E-state index in [9.17, 15) is 14.7 Å². The van der Waals surface area contributed by atoms with Crippen molar-refractivity contribution in [2.75, 3.05) is 26.2 Å². The molecule has 1 aromatic rings. The van der Waals surface area contributed by atoms with Gasteiger partial charge in [-0.2, -0.15) is 0 Å². The van der Waals surface area contributed by atoms with Gasteiger partial charge in [0.15, 0.2) is 0 Å². The Bertz CT molecular complexity index is 631. The number of phenolic OH excluding ortho intramolecular Hbond substituents is 1. The lowest BCUT2D eigenvalue weighted by molar-refractivity contribution is -0.142. The highest BCUT2D eigenvalue weighted by atomic mass is 16.3. The van der Waals surface area contributed by atoms with E-state index in [0.717, 1.165) is 45.4 Å². The van der Waals surface area contributed by atoms with E-state index in [1.807, 2.05) is 22.8 Å². The number of piperidine rings is 2. The van der Waals surface area contributed by atoms with Crippen molar-refractivity contribution in [3.8, 4) is 5.75 Å². The first-order valence-corrected chi connectivity index (χ1v) is 8.85. The molecule has 5 heteroatoms. The van der Waals surface area contributed by atoms with E-state index >= 15 is 0 Å². The van der Waals surface area contributed by atoms with Gasteiger partial charge in [0.2, 0.25) is 11.8 Å². The van der Waals surface area contributed by atoms with Crippen LogP contribution in [0.4, 0.5) is 0 Å². The zero-order valence-corrected chi connectivity index (χ0v) is 14.3. The molecule has 1 atom stereocenters. The van der Waals surface area contributed by atoms with Gasteiger partial charge in [0.1, 0.15) is 5.75 Å². The second-order valence-electron chi connectivity index (χ2n) is 7.13. The monoisotopic (exact) mass is 330 g/mol. The first-order valence-electron chi connectivity index (χ1n) is 8.85. The van der Waals surface area contributed by atoms with E-state index in [2.05, 4.69) is 0 Å². The minimum Gasteiger partial charge on any atom is -0.508 e. The molecule has 24 heavy (non-hydrogen) atoms. The number of rotatable bonds is 3.